The highest BCUT2D eigenvalue weighted by Crippen LogP contribution is 2.26. The Bertz CT molecular complexity index is 471. The second-order valence-electron chi connectivity index (χ2n) is 4.72. The van der Waals surface area contributed by atoms with Crippen LogP contribution in [0, 0.1) is 0 Å². The Hall–Kier alpha value is -0.180. The second kappa shape index (κ2) is 4.49. The minimum Gasteiger partial charge on any atom is -0.315 e. The number of hydrogen-bond donors (Lipinski definition) is 1. The van der Waals surface area contributed by atoms with E-state index in [4.69, 9.17) is 5.73 Å². The molecule has 0 aliphatic carbocycles. The zero-order valence-electron chi connectivity index (χ0n) is 9.58. The van der Waals surface area contributed by atoms with E-state index in [1.807, 2.05) is 0 Å². The SMILES string of the molecule is NC1CCCN1S(=O)(=O)C1CCS(=O)(=O)CC1. The number of nitrogens with two attached hydrogens (primary N) is 1. The van der Waals surface area contributed by atoms with Crippen molar-refractivity contribution in [2.75, 3.05) is 18.1 Å². The molecule has 2 rings (SSSR count). The molecule has 0 aromatic rings. The van der Waals surface area contributed by atoms with Crippen LogP contribution >= 0.6 is 0 Å². The molecule has 2 saturated heterocycles. The molecule has 0 aromatic carbocycles. The van der Waals surface area contributed by atoms with Gasteiger partial charge in [0.2, 0.25) is 10.0 Å². The zero-order valence-corrected chi connectivity index (χ0v) is 11.2. The van der Waals surface area contributed by atoms with Crippen molar-refractivity contribution in [3.05, 3.63) is 0 Å². The number of rotatable bonds is 2. The van der Waals surface area contributed by atoms with E-state index in [0.29, 0.717) is 13.0 Å². The monoisotopic (exact) mass is 282 g/mol. The average molecular weight is 282 g/mol. The van der Waals surface area contributed by atoms with Crippen LogP contribution in [0.25, 0.3) is 0 Å². The van der Waals surface area contributed by atoms with Crippen LogP contribution in [-0.2, 0) is 19.9 Å². The summed E-state index contributed by atoms with van der Waals surface area (Å²) in [4.78, 5) is 0. The number of sulfone groups is 1. The van der Waals surface area contributed by atoms with Gasteiger partial charge in [-0.1, -0.05) is 0 Å². The Morgan fingerprint density at radius 2 is 1.71 bits per heavy atom. The lowest BCUT2D eigenvalue weighted by Gasteiger charge is -2.29. The molecule has 100 valence electrons. The zero-order chi connectivity index (χ0) is 12.7. The fraction of sp³-hybridized carbons (Fsp3) is 1.00. The first-order valence-electron chi connectivity index (χ1n) is 5.79. The van der Waals surface area contributed by atoms with Gasteiger partial charge in [0.1, 0.15) is 9.84 Å². The molecular formula is C9H18N2O4S2. The normalized spacial score (nSPS) is 31.7. The van der Waals surface area contributed by atoms with E-state index < -0.39 is 31.3 Å². The minimum atomic E-state index is -3.42. The van der Waals surface area contributed by atoms with Crippen molar-refractivity contribution in [3.8, 4) is 0 Å². The topological polar surface area (TPSA) is 97.5 Å². The first-order chi connectivity index (χ1) is 7.83. The molecule has 2 fully saturated rings. The molecule has 0 bridgehead atoms. The Balaban J connectivity index is 2.12. The third kappa shape index (κ3) is 2.64. The molecule has 17 heavy (non-hydrogen) atoms. The van der Waals surface area contributed by atoms with Gasteiger partial charge >= 0.3 is 0 Å². The van der Waals surface area contributed by atoms with Gasteiger partial charge in [-0.2, -0.15) is 4.31 Å². The lowest BCUT2D eigenvalue weighted by atomic mass is 10.2. The van der Waals surface area contributed by atoms with Crippen LogP contribution in [0.4, 0.5) is 0 Å². The fourth-order valence-electron chi connectivity index (χ4n) is 2.44. The van der Waals surface area contributed by atoms with Gasteiger partial charge in [0.05, 0.1) is 22.9 Å². The molecule has 0 aromatic heterocycles. The van der Waals surface area contributed by atoms with Crippen LogP contribution in [0.3, 0.4) is 0 Å². The molecule has 8 heteroatoms. The summed E-state index contributed by atoms with van der Waals surface area (Å²) in [5.41, 5.74) is 5.75. The maximum Gasteiger partial charge on any atom is 0.218 e. The van der Waals surface area contributed by atoms with Gasteiger partial charge in [-0.3, -0.25) is 0 Å². The lowest BCUT2D eigenvalue weighted by molar-refractivity contribution is 0.386. The summed E-state index contributed by atoms with van der Waals surface area (Å²) in [5, 5.41) is -0.574. The van der Waals surface area contributed by atoms with Gasteiger partial charge in [-0.25, -0.2) is 16.8 Å². The molecule has 0 amide bonds. The second-order valence-corrected chi connectivity index (χ2v) is 9.19. The van der Waals surface area contributed by atoms with Gasteiger partial charge in [0.25, 0.3) is 0 Å². The summed E-state index contributed by atoms with van der Waals surface area (Å²) in [5.74, 6) is -0.0556. The van der Waals surface area contributed by atoms with Gasteiger partial charge in [0.15, 0.2) is 0 Å². The fourth-order valence-corrected chi connectivity index (χ4v) is 6.31. The van der Waals surface area contributed by atoms with Crippen molar-refractivity contribution in [1.29, 1.82) is 0 Å². The molecule has 0 spiro atoms. The van der Waals surface area contributed by atoms with E-state index in [1.165, 1.54) is 4.31 Å². The van der Waals surface area contributed by atoms with Gasteiger partial charge in [0, 0.05) is 6.54 Å². The van der Waals surface area contributed by atoms with Crippen LogP contribution in [0.2, 0.25) is 0 Å². The van der Waals surface area contributed by atoms with E-state index in [9.17, 15) is 16.8 Å². The molecular weight excluding hydrogens is 264 g/mol. The van der Waals surface area contributed by atoms with Crippen molar-refractivity contribution in [2.45, 2.75) is 37.1 Å². The molecule has 2 aliphatic heterocycles. The predicted molar refractivity (Wildman–Crippen MR) is 64.5 cm³/mol. The van der Waals surface area contributed by atoms with E-state index in [1.54, 1.807) is 0 Å². The minimum absolute atomic E-state index is 0.0278. The molecule has 6 nitrogen and oxygen atoms in total. The van der Waals surface area contributed by atoms with Crippen molar-refractivity contribution >= 4 is 19.9 Å². The third-order valence-electron chi connectivity index (χ3n) is 3.50. The van der Waals surface area contributed by atoms with Crippen molar-refractivity contribution in [2.24, 2.45) is 5.73 Å². The first-order valence-corrected chi connectivity index (χ1v) is 9.12. The molecule has 1 atom stereocenters. The van der Waals surface area contributed by atoms with Crippen molar-refractivity contribution in [1.82, 2.24) is 4.31 Å². The Labute approximate surface area is 102 Å². The summed E-state index contributed by atoms with van der Waals surface area (Å²) in [6.45, 7) is 0.465. The molecule has 2 N–H and O–H groups in total. The van der Waals surface area contributed by atoms with E-state index in [0.717, 1.165) is 6.42 Å². The highest BCUT2D eigenvalue weighted by molar-refractivity contribution is 7.92. The van der Waals surface area contributed by atoms with Crippen LogP contribution < -0.4 is 5.73 Å². The number of nitrogens with zero attached hydrogens (tertiary/aromatic N) is 1. The predicted octanol–water partition coefficient (Wildman–Crippen LogP) is -0.726. The van der Waals surface area contributed by atoms with E-state index in [-0.39, 0.29) is 24.3 Å². The average Bonchev–Trinajstić information content (AvgIpc) is 2.64. The first kappa shape index (κ1) is 13.3. The third-order valence-corrected chi connectivity index (χ3v) is 7.63. The van der Waals surface area contributed by atoms with E-state index in [2.05, 4.69) is 0 Å². The van der Waals surface area contributed by atoms with Crippen LogP contribution in [0.1, 0.15) is 25.7 Å². The smallest absolute Gasteiger partial charge is 0.218 e. The molecule has 2 aliphatic rings. The summed E-state index contributed by atoms with van der Waals surface area (Å²) in [6.07, 6.45) is 1.44. The number of hydrogen-bond acceptors (Lipinski definition) is 5. The quantitative estimate of drug-likeness (QED) is 0.720. The Morgan fingerprint density at radius 3 is 2.18 bits per heavy atom. The summed E-state index contributed by atoms with van der Waals surface area (Å²) >= 11 is 0. The summed E-state index contributed by atoms with van der Waals surface area (Å²) in [6, 6.07) is 0. The van der Waals surface area contributed by atoms with E-state index >= 15 is 0 Å². The maximum atomic E-state index is 12.3. The maximum absolute atomic E-state index is 12.3. The molecule has 0 saturated carbocycles. The summed E-state index contributed by atoms with van der Waals surface area (Å²) in [7, 11) is -6.44. The number of sulfonamides is 1. The van der Waals surface area contributed by atoms with Crippen LogP contribution in [-0.4, -0.2) is 50.6 Å². The Kier molecular flexibility index (Phi) is 3.50. The van der Waals surface area contributed by atoms with Gasteiger partial charge in [-0.05, 0) is 25.7 Å². The largest absolute Gasteiger partial charge is 0.315 e. The highest BCUT2D eigenvalue weighted by atomic mass is 32.2. The van der Waals surface area contributed by atoms with Crippen LogP contribution in [0.5, 0.6) is 0 Å². The Morgan fingerprint density at radius 1 is 1.12 bits per heavy atom. The standard InChI is InChI=1S/C9H18N2O4S2/c10-9-2-1-5-11(9)17(14,15)8-3-6-16(12,13)7-4-8/h8-9H,1-7,10H2. The highest BCUT2D eigenvalue weighted by Gasteiger charge is 2.40. The van der Waals surface area contributed by atoms with Gasteiger partial charge in [-0.15, -0.1) is 0 Å². The van der Waals surface area contributed by atoms with Gasteiger partial charge < -0.3 is 5.73 Å². The van der Waals surface area contributed by atoms with Crippen molar-refractivity contribution < 1.29 is 16.8 Å². The molecule has 0 radical (unpaired) electrons. The van der Waals surface area contributed by atoms with Crippen LogP contribution in [0.15, 0.2) is 0 Å². The molecule has 2 heterocycles. The lowest BCUT2D eigenvalue weighted by Crippen LogP contribution is -2.47. The summed E-state index contributed by atoms with van der Waals surface area (Å²) < 4.78 is 48.4. The van der Waals surface area contributed by atoms with Crippen molar-refractivity contribution in [3.63, 3.8) is 0 Å². The molecule has 1 unspecified atom stereocenters.